The quantitative estimate of drug-likeness (QED) is 0.177. The maximum atomic E-state index is 12.9. The molecule has 10 nitrogen and oxygen atoms in total. The van der Waals surface area contributed by atoms with Crippen molar-refractivity contribution < 1.29 is 19.1 Å². The molecule has 1 saturated heterocycles. The van der Waals surface area contributed by atoms with Crippen LogP contribution >= 0.6 is 0 Å². The summed E-state index contributed by atoms with van der Waals surface area (Å²) in [5.74, 6) is 7.85. The minimum Gasteiger partial charge on any atom is -0.444 e. The number of nitrogens with one attached hydrogen (secondary N) is 2. The molecular formula is C37H42N6O4. The zero-order valence-electron chi connectivity index (χ0n) is 28.1. The van der Waals surface area contributed by atoms with E-state index in [4.69, 9.17) is 9.47 Å². The Bertz CT molecular complexity index is 1910. The van der Waals surface area contributed by atoms with Gasteiger partial charge in [0.1, 0.15) is 34.6 Å². The molecule has 4 aromatic rings. The molecule has 2 aromatic heterocycles. The molecule has 0 bridgehead atoms. The van der Waals surface area contributed by atoms with Gasteiger partial charge in [-0.05, 0) is 96.2 Å². The third-order valence-corrected chi connectivity index (χ3v) is 7.99. The summed E-state index contributed by atoms with van der Waals surface area (Å²) in [5.41, 5.74) is 3.41. The summed E-state index contributed by atoms with van der Waals surface area (Å²) >= 11 is 0. The lowest BCUT2D eigenvalue weighted by Gasteiger charge is -2.27. The highest BCUT2D eigenvalue weighted by molar-refractivity contribution is 5.88. The van der Waals surface area contributed by atoms with Gasteiger partial charge in [-0.25, -0.2) is 19.6 Å². The van der Waals surface area contributed by atoms with Crippen LogP contribution in [0.15, 0.2) is 60.4 Å². The van der Waals surface area contributed by atoms with E-state index in [-0.39, 0.29) is 24.3 Å². The van der Waals surface area contributed by atoms with Crippen LogP contribution in [-0.4, -0.2) is 66.2 Å². The smallest absolute Gasteiger partial charge is 0.411 e. The highest BCUT2D eigenvalue weighted by Gasteiger charge is 2.35. The largest absolute Gasteiger partial charge is 0.444 e. The fourth-order valence-corrected chi connectivity index (χ4v) is 5.93. The molecule has 47 heavy (non-hydrogen) atoms. The summed E-state index contributed by atoms with van der Waals surface area (Å²) in [6.45, 7) is 14.4. The fraction of sp³-hybridized carbons (Fsp3) is 0.405. The Hall–Kier alpha value is -5.04. The summed E-state index contributed by atoms with van der Waals surface area (Å²) in [7, 11) is 0. The fourth-order valence-electron chi connectivity index (χ4n) is 5.93. The van der Waals surface area contributed by atoms with E-state index in [0.717, 1.165) is 51.8 Å². The van der Waals surface area contributed by atoms with Crippen LogP contribution in [0.4, 0.5) is 9.59 Å². The van der Waals surface area contributed by atoms with Crippen molar-refractivity contribution in [3.8, 4) is 23.1 Å². The summed E-state index contributed by atoms with van der Waals surface area (Å²) in [4.78, 5) is 45.0. The van der Waals surface area contributed by atoms with Crippen LogP contribution in [0, 0.1) is 11.8 Å². The third-order valence-electron chi connectivity index (χ3n) is 7.99. The Kier molecular flexibility index (Phi) is 8.35. The lowest BCUT2D eigenvalue weighted by Crippen LogP contribution is -2.37. The number of aromatic amines is 2. The van der Waals surface area contributed by atoms with Gasteiger partial charge in [-0.1, -0.05) is 35.8 Å². The number of benzene rings is 2. The highest BCUT2D eigenvalue weighted by atomic mass is 16.6. The molecular weight excluding hydrogens is 592 g/mol. The van der Waals surface area contributed by atoms with Crippen LogP contribution in [0.25, 0.3) is 22.0 Å². The monoisotopic (exact) mass is 634 g/mol. The van der Waals surface area contributed by atoms with E-state index in [0.29, 0.717) is 24.6 Å². The number of carbonyl (C=O) groups excluding carboxylic acids is 2. The Balaban J connectivity index is 1.15. The Labute approximate surface area is 275 Å². The van der Waals surface area contributed by atoms with Crippen LogP contribution < -0.4 is 0 Å². The first kappa shape index (κ1) is 31.9. The first-order chi connectivity index (χ1) is 22.2. The number of nitrogens with zero attached hydrogens (tertiary/aromatic N) is 4. The molecule has 2 atom stereocenters. The SMILES string of the molecule is CC1=C[C@@H](c2ncc(-c3ccc4cc(C#Cc5cnc([C@@H]6CCCN6C(=O)OC(C)(C)C)[nH]5)ccc4c3)[nH]2)N(C(=O)OC(C)(C)C)C1. The number of likely N-dealkylation sites (tertiary alicyclic amines) is 1. The van der Waals surface area contributed by atoms with Crippen molar-refractivity contribution in [2.45, 2.75) is 84.6 Å². The van der Waals surface area contributed by atoms with Crippen molar-refractivity contribution in [1.29, 1.82) is 0 Å². The molecule has 2 aliphatic rings. The first-order valence-corrected chi connectivity index (χ1v) is 16.0. The molecule has 0 aliphatic carbocycles. The van der Waals surface area contributed by atoms with Gasteiger partial charge in [-0.3, -0.25) is 9.80 Å². The lowest BCUT2D eigenvalue weighted by molar-refractivity contribution is 0.0213. The van der Waals surface area contributed by atoms with Gasteiger partial charge < -0.3 is 19.4 Å². The number of H-pyrrole nitrogens is 2. The Morgan fingerprint density at radius 3 is 2.28 bits per heavy atom. The molecule has 2 N–H and O–H groups in total. The summed E-state index contributed by atoms with van der Waals surface area (Å²) < 4.78 is 11.2. The predicted octanol–water partition coefficient (Wildman–Crippen LogP) is 7.66. The number of aromatic nitrogens is 4. The molecule has 10 heteroatoms. The van der Waals surface area contributed by atoms with E-state index >= 15 is 0 Å². The second-order valence-electron chi connectivity index (χ2n) is 14.3. The van der Waals surface area contributed by atoms with Gasteiger partial charge in [0.05, 0.1) is 24.1 Å². The van der Waals surface area contributed by atoms with E-state index in [1.54, 1.807) is 16.0 Å². The number of amides is 2. The number of carbonyl (C=O) groups is 2. The molecule has 0 unspecified atom stereocenters. The van der Waals surface area contributed by atoms with Gasteiger partial charge in [-0.15, -0.1) is 0 Å². The molecule has 2 amide bonds. The van der Waals surface area contributed by atoms with Gasteiger partial charge in [-0.2, -0.15) is 0 Å². The zero-order valence-corrected chi connectivity index (χ0v) is 28.1. The molecule has 0 spiro atoms. The van der Waals surface area contributed by atoms with Gasteiger partial charge in [0, 0.05) is 24.2 Å². The molecule has 2 aliphatic heterocycles. The van der Waals surface area contributed by atoms with Crippen LogP contribution in [0.3, 0.4) is 0 Å². The normalized spacial score (nSPS) is 18.2. The number of rotatable bonds is 3. The van der Waals surface area contributed by atoms with Crippen molar-refractivity contribution in [3.05, 3.63) is 83.3 Å². The average Bonchev–Trinajstić information content (AvgIpc) is 3.80. The first-order valence-electron chi connectivity index (χ1n) is 16.0. The number of ether oxygens (including phenoxy) is 2. The van der Waals surface area contributed by atoms with Crippen molar-refractivity contribution >= 4 is 23.0 Å². The third kappa shape index (κ3) is 7.35. The zero-order chi connectivity index (χ0) is 33.5. The minimum atomic E-state index is -0.576. The number of hydrogen-bond acceptors (Lipinski definition) is 6. The Morgan fingerprint density at radius 1 is 0.851 bits per heavy atom. The van der Waals surface area contributed by atoms with E-state index in [1.807, 2.05) is 66.8 Å². The molecule has 4 heterocycles. The van der Waals surface area contributed by atoms with E-state index < -0.39 is 11.2 Å². The molecule has 0 saturated carbocycles. The topological polar surface area (TPSA) is 116 Å². The number of imidazole rings is 2. The van der Waals surface area contributed by atoms with Gasteiger partial charge in [0.2, 0.25) is 0 Å². The summed E-state index contributed by atoms with van der Waals surface area (Å²) in [5, 5.41) is 2.14. The van der Waals surface area contributed by atoms with Crippen molar-refractivity contribution in [1.82, 2.24) is 29.7 Å². The molecule has 1 fully saturated rings. The molecule has 244 valence electrons. The second-order valence-corrected chi connectivity index (χ2v) is 14.3. The highest BCUT2D eigenvalue weighted by Crippen LogP contribution is 2.33. The van der Waals surface area contributed by atoms with Gasteiger partial charge in [0.15, 0.2) is 0 Å². The lowest BCUT2D eigenvalue weighted by atomic mass is 10.0. The Morgan fingerprint density at radius 2 is 1.53 bits per heavy atom. The second kappa shape index (κ2) is 12.3. The summed E-state index contributed by atoms with van der Waals surface area (Å²) in [6.07, 6.45) is 6.63. The van der Waals surface area contributed by atoms with Crippen molar-refractivity contribution in [3.63, 3.8) is 0 Å². The van der Waals surface area contributed by atoms with Gasteiger partial charge in [0.25, 0.3) is 0 Å². The molecule has 0 radical (unpaired) electrons. The van der Waals surface area contributed by atoms with Crippen molar-refractivity contribution in [2.24, 2.45) is 0 Å². The van der Waals surface area contributed by atoms with E-state index in [1.165, 1.54) is 0 Å². The maximum absolute atomic E-state index is 12.9. The molecule has 6 rings (SSSR count). The van der Waals surface area contributed by atoms with Crippen LogP contribution in [0.5, 0.6) is 0 Å². The maximum Gasteiger partial charge on any atom is 0.411 e. The number of hydrogen-bond donors (Lipinski definition) is 2. The van der Waals surface area contributed by atoms with Gasteiger partial charge >= 0.3 is 12.2 Å². The van der Waals surface area contributed by atoms with Crippen molar-refractivity contribution in [2.75, 3.05) is 13.1 Å². The van der Waals surface area contributed by atoms with Crippen LogP contribution in [0.1, 0.15) is 96.3 Å². The van der Waals surface area contributed by atoms with E-state index in [2.05, 4.69) is 62.1 Å². The van der Waals surface area contributed by atoms with Crippen LogP contribution in [0.2, 0.25) is 0 Å². The van der Waals surface area contributed by atoms with E-state index in [9.17, 15) is 9.59 Å². The van der Waals surface area contributed by atoms with Crippen LogP contribution in [-0.2, 0) is 9.47 Å². The minimum absolute atomic E-state index is 0.149. The number of fused-ring (bicyclic) bond motifs is 1. The average molecular weight is 635 g/mol. The molecule has 2 aromatic carbocycles. The standard InChI is InChI=1S/C37H42N6O4/c1-23-17-31(43(22-23)35(45)47-37(5,6)7)33-39-21-29(41-33)27-14-13-25-18-24(10-12-26(25)19-27)11-15-28-20-38-32(40-28)30-9-8-16-42(30)34(44)46-36(2,3)4/h10,12-14,17-21,30-31H,8-9,16,22H2,1-7H3,(H,38,40)(H,39,41)/t30-,31-/m0/s1. The summed E-state index contributed by atoms with van der Waals surface area (Å²) in [6, 6.07) is 11.9. The predicted molar refractivity (Wildman–Crippen MR) is 180 cm³/mol.